The first-order valence-corrected chi connectivity index (χ1v) is 4.86. The minimum Gasteiger partial charge on any atom is -0.317 e. The van der Waals surface area contributed by atoms with Gasteiger partial charge in [-0.05, 0) is 12.1 Å². The van der Waals surface area contributed by atoms with Crippen molar-refractivity contribution >= 4 is 22.8 Å². The van der Waals surface area contributed by atoms with Crippen molar-refractivity contribution in [2.45, 2.75) is 6.42 Å². The molecule has 0 fully saturated rings. The lowest BCUT2D eigenvalue weighted by molar-refractivity contribution is -0.115. The smallest absolute Gasteiger partial charge is 0.291 e. The second-order valence-corrected chi connectivity index (χ2v) is 3.31. The summed E-state index contributed by atoms with van der Waals surface area (Å²) in [6.07, 6.45) is -0.312. The monoisotopic (exact) mass is 228 g/mol. The number of carbonyl (C=O) groups is 1. The van der Waals surface area contributed by atoms with E-state index < -0.39 is 11.5 Å². The molecule has 0 radical (unpaired) electrons. The average molecular weight is 228 g/mol. The van der Waals surface area contributed by atoms with Gasteiger partial charge in [0.25, 0.3) is 5.56 Å². The number of H-pyrrole nitrogens is 1. The highest BCUT2D eigenvalue weighted by Crippen LogP contribution is 2.07. The molecule has 0 aliphatic carbocycles. The third kappa shape index (κ3) is 2.29. The van der Waals surface area contributed by atoms with Crippen LogP contribution in [0.3, 0.4) is 0 Å². The Morgan fingerprint density at radius 1 is 1.47 bits per heavy atom. The first-order chi connectivity index (χ1) is 8.20. The lowest BCUT2D eigenvalue weighted by atomic mass is 10.3. The molecule has 0 saturated heterocycles. The SMILES string of the molecule is N#CCC(=O)Nc1nc2ccccc2[nH]c1=O. The summed E-state index contributed by atoms with van der Waals surface area (Å²) in [4.78, 5) is 29.3. The number of anilines is 1. The molecule has 6 heteroatoms. The van der Waals surface area contributed by atoms with E-state index in [9.17, 15) is 9.59 Å². The Kier molecular flexibility index (Phi) is 2.83. The van der Waals surface area contributed by atoms with Gasteiger partial charge in [0.15, 0.2) is 5.82 Å². The molecule has 0 unspecified atom stereocenters. The van der Waals surface area contributed by atoms with E-state index in [-0.39, 0.29) is 12.2 Å². The number of nitrogens with zero attached hydrogens (tertiary/aromatic N) is 2. The van der Waals surface area contributed by atoms with Crippen molar-refractivity contribution in [2.24, 2.45) is 0 Å². The number of fused-ring (bicyclic) bond motifs is 1. The summed E-state index contributed by atoms with van der Waals surface area (Å²) in [6, 6.07) is 8.66. The van der Waals surface area contributed by atoms with Gasteiger partial charge in [-0.15, -0.1) is 0 Å². The minimum absolute atomic E-state index is 0.0936. The number of amides is 1. The van der Waals surface area contributed by atoms with E-state index in [1.165, 1.54) is 0 Å². The van der Waals surface area contributed by atoms with Gasteiger partial charge in [-0.25, -0.2) is 4.98 Å². The van der Waals surface area contributed by atoms with Crippen LogP contribution in [-0.4, -0.2) is 15.9 Å². The molecule has 0 aliphatic rings. The van der Waals surface area contributed by atoms with Crippen LogP contribution in [0, 0.1) is 11.3 Å². The molecule has 0 spiro atoms. The average Bonchev–Trinajstić information content (AvgIpc) is 2.30. The molecule has 0 atom stereocenters. The van der Waals surface area contributed by atoms with Crippen LogP contribution >= 0.6 is 0 Å². The van der Waals surface area contributed by atoms with Crippen LogP contribution in [0.2, 0.25) is 0 Å². The summed E-state index contributed by atoms with van der Waals surface area (Å²) < 4.78 is 0. The molecule has 0 aliphatic heterocycles. The molecule has 17 heavy (non-hydrogen) atoms. The molecular weight excluding hydrogens is 220 g/mol. The highest BCUT2D eigenvalue weighted by Gasteiger charge is 2.07. The summed E-state index contributed by atoms with van der Waals surface area (Å²) in [5.41, 5.74) is 0.671. The Balaban J connectivity index is 2.42. The van der Waals surface area contributed by atoms with Crippen LogP contribution in [0.1, 0.15) is 6.42 Å². The molecular formula is C11H8N4O2. The van der Waals surface area contributed by atoms with E-state index in [2.05, 4.69) is 15.3 Å². The number of aromatic nitrogens is 2. The van der Waals surface area contributed by atoms with Gasteiger partial charge in [-0.2, -0.15) is 5.26 Å². The number of benzene rings is 1. The van der Waals surface area contributed by atoms with Crippen molar-refractivity contribution in [2.75, 3.05) is 5.32 Å². The standard InChI is InChI=1S/C11H8N4O2/c12-6-5-9(16)15-10-11(17)14-8-4-2-1-3-7(8)13-10/h1-4H,5H2,(H,14,17)(H,13,15,16). The van der Waals surface area contributed by atoms with Gasteiger partial charge in [-0.3, -0.25) is 9.59 Å². The second-order valence-electron chi connectivity index (χ2n) is 3.31. The zero-order chi connectivity index (χ0) is 12.3. The number of hydrogen-bond acceptors (Lipinski definition) is 4. The molecule has 0 saturated carbocycles. The Hall–Kier alpha value is -2.68. The summed E-state index contributed by atoms with van der Waals surface area (Å²) in [5.74, 6) is -0.648. The summed E-state index contributed by atoms with van der Waals surface area (Å²) >= 11 is 0. The van der Waals surface area contributed by atoms with E-state index in [1.807, 2.05) is 0 Å². The number of nitrogens with one attached hydrogen (secondary N) is 2. The first kappa shape index (κ1) is 10.8. The van der Waals surface area contributed by atoms with E-state index >= 15 is 0 Å². The fourth-order valence-electron chi connectivity index (χ4n) is 1.36. The van der Waals surface area contributed by atoms with Gasteiger partial charge in [-0.1, -0.05) is 12.1 Å². The maximum absolute atomic E-state index is 11.6. The Morgan fingerprint density at radius 2 is 2.24 bits per heavy atom. The van der Waals surface area contributed by atoms with E-state index in [4.69, 9.17) is 5.26 Å². The Bertz CT molecular complexity index is 669. The Labute approximate surface area is 95.9 Å². The van der Waals surface area contributed by atoms with Gasteiger partial charge in [0.1, 0.15) is 6.42 Å². The number of aromatic amines is 1. The fraction of sp³-hybridized carbons (Fsp3) is 0.0909. The molecule has 84 valence electrons. The molecule has 2 N–H and O–H groups in total. The number of nitriles is 1. The van der Waals surface area contributed by atoms with Gasteiger partial charge in [0.2, 0.25) is 5.91 Å². The maximum Gasteiger partial charge on any atom is 0.291 e. The van der Waals surface area contributed by atoms with Crippen LogP contribution in [-0.2, 0) is 4.79 Å². The fourth-order valence-corrected chi connectivity index (χ4v) is 1.36. The third-order valence-electron chi connectivity index (χ3n) is 2.10. The lowest BCUT2D eigenvalue weighted by Crippen LogP contribution is -2.20. The van der Waals surface area contributed by atoms with Crippen LogP contribution < -0.4 is 10.9 Å². The normalized spacial score (nSPS) is 9.82. The van der Waals surface area contributed by atoms with Crippen molar-refractivity contribution < 1.29 is 4.79 Å². The molecule has 2 aromatic rings. The summed E-state index contributed by atoms with van der Waals surface area (Å²) in [7, 11) is 0. The van der Waals surface area contributed by atoms with Crippen LogP contribution in [0.25, 0.3) is 11.0 Å². The first-order valence-electron chi connectivity index (χ1n) is 4.86. The summed E-state index contributed by atoms with van der Waals surface area (Å²) in [5, 5.41) is 10.6. The van der Waals surface area contributed by atoms with Crippen molar-refractivity contribution in [3.8, 4) is 6.07 Å². The summed E-state index contributed by atoms with van der Waals surface area (Å²) in [6.45, 7) is 0. The van der Waals surface area contributed by atoms with Crippen molar-refractivity contribution in [3.05, 3.63) is 34.6 Å². The number of para-hydroxylation sites is 2. The predicted molar refractivity (Wildman–Crippen MR) is 61.2 cm³/mol. The molecule has 0 bridgehead atoms. The zero-order valence-electron chi connectivity index (χ0n) is 8.73. The van der Waals surface area contributed by atoms with E-state index in [0.717, 1.165) is 0 Å². The molecule has 6 nitrogen and oxygen atoms in total. The lowest BCUT2D eigenvalue weighted by Gasteiger charge is -2.02. The Morgan fingerprint density at radius 3 is 3.00 bits per heavy atom. The largest absolute Gasteiger partial charge is 0.317 e. The molecule has 1 aromatic heterocycles. The third-order valence-corrected chi connectivity index (χ3v) is 2.10. The van der Waals surface area contributed by atoms with Crippen molar-refractivity contribution in [3.63, 3.8) is 0 Å². The van der Waals surface area contributed by atoms with E-state index in [0.29, 0.717) is 11.0 Å². The molecule has 1 amide bonds. The molecule has 1 heterocycles. The van der Waals surface area contributed by atoms with Gasteiger partial charge >= 0.3 is 0 Å². The number of hydrogen-bond donors (Lipinski definition) is 2. The topological polar surface area (TPSA) is 98.6 Å². The van der Waals surface area contributed by atoms with Gasteiger partial charge in [0.05, 0.1) is 17.1 Å². The van der Waals surface area contributed by atoms with Crippen molar-refractivity contribution in [1.82, 2.24) is 9.97 Å². The molecule has 2 rings (SSSR count). The zero-order valence-corrected chi connectivity index (χ0v) is 8.73. The number of carbonyl (C=O) groups excluding carboxylic acids is 1. The highest BCUT2D eigenvalue weighted by atomic mass is 16.2. The number of rotatable bonds is 2. The highest BCUT2D eigenvalue weighted by molar-refractivity contribution is 5.91. The van der Waals surface area contributed by atoms with Crippen molar-refractivity contribution in [1.29, 1.82) is 5.26 Å². The van der Waals surface area contributed by atoms with E-state index in [1.54, 1.807) is 30.3 Å². The van der Waals surface area contributed by atoms with Gasteiger partial charge in [0, 0.05) is 0 Å². The van der Waals surface area contributed by atoms with Gasteiger partial charge < -0.3 is 10.3 Å². The van der Waals surface area contributed by atoms with Crippen LogP contribution in [0.4, 0.5) is 5.82 Å². The van der Waals surface area contributed by atoms with Crippen LogP contribution in [0.15, 0.2) is 29.1 Å². The second kappa shape index (κ2) is 4.45. The predicted octanol–water partition coefficient (Wildman–Crippen LogP) is 0.775. The minimum atomic E-state index is -0.555. The van der Waals surface area contributed by atoms with Crippen LogP contribution in [0.5, 0.6) is 0 Å². The maximum atomic E-state index is 11.6. The quantitative estimate of drug-likeness (QED) is 0.793. The molecule has 1 aromatic carbocycles.